The van der Waals surface area contributed by atoms with Crippen molar-refractivity contribution in [3.05, 3.63) is 28.8 Å². The molecule has 0 saturated heterocycles. The van der Waals surface area contributed by atoms with Crippen molar-refractivity contribution in [1.29, 1.82) is 0 Å². The van der Waals surface area contributed by atoms with Crippen molar-refractivity contribution < 1.29 is 17.6 Å². The minimum Gasteiger partial charge on any atom is -0.204 e. The van der Waals surface area contributed by atoms with Crippen LogP contribution in [0.15, 0.2) is 17.0 Å². The summed E-state index contributed by atoms with van der Waals surface area (Å²) >= 11 is 0.775. The number of benzene rings is 1. The zero-order valence-electron chi connectivity index (χ0n) is 9.86. The third-order valence-electron chi connectivity index (χ3n) is 2.53. The summed E-state index contributed by atoms with van der Waals surface area (Å²) in [6, 6.07) is 3.63. The lowest BCUT2D eigenvalue weighted by Gasteiger charge is -2.16. The molecule has 0 saturated carbocycles. The highest BCUT2D eigenvalue weighted by Crippen LogP contribution is 2.33. The van der Waals surface area contributed by atoms with Gasteiger partial charge >= 0.3 is 12.3 Å². The number of hydrogen-bond acceptors (Lipinski definition) is 1. The van der Waals surface area contributed by atoms with Crippen LogP contribution in [0.5, 0.6) is 0 Å². The van der Waals surface area contributed by atoms with Gasteiger partial charge in [0.1, 0.15) is 0 Å². The van der Waals surface area contributed by atoms with Gasteiger partial charge in [0.25, 0.3) is 0 Å². The average molecular weight is 266 g/mol. The summed E-state index contributed by atoms with van der Waals surface area (Å²) in [7, 11) is 0. The number of hydrogen-bond donors (Lipinski definition) is 0. The van der Waals surface area contributed by atoms with Gasteiger partial charge in [-0.2, -0.15) is 8.78 Å². The molecular formula is C12H14F4S. The largest absolute Gasteiger partial charge is 0.316 e. The van der Waals surface area contributed by atoms with E-state index in [4.69, 9.17) is 0 Å². The molecule has 0 aliphatic rings. The molecule has 1 rings (SSSR count). The van der Waals surface area contributed by atoms with Gasteiger partial charge in [0.2, 0.25) is 0 Å². The van der Waals surface area contributed by atoms with Gasteiger partial charge in [-0.25, -0.2) is 8.78 Å². The average Bonchev–Trinajstić information content (AvgIpc) is 2.21. The molecule has 0 fully saturated rings. The normalized spacial score (nSPS) is 12.2. The molecule has 0 aliphatic heterocycles. The summed E-state index contributed by atoms with van der Waals surface area (Å²) < 4.78 is 49.5. The molecule has 5 heteroatoms. The smallest absolute Gasteiger partial charge is 0.204 e. The maximum absolute atomic E-state index is 12.8. The predicted molar refractivity (Wildman–Crippen MR) is 62.3 cm³/mol. The van der Waals surface area contributed by atoms with E-state index >= 15 is 0 Å². The number of alkyl halides is 4. The van der Waals surface area contributed by atoms with E-state index in [1.54, 1.807) is 13.0 Å². The molecule has 0 nitrogen and oxygen atoms in total. The third-order valence-corrected chi connectivity index (χ3v) is 3.81. The van der Waals surface area contributed by atoms with E-state index in [-0.39, 0.29) is 0 Å². The lowest BCUT2D eigenvalue weighted by atomic mass is 10.1. The van der Waals surface area contributed by atoms with Gasteiger partial charge < -0.3 is 0 Å². The van der Waals surface area contributed by atoms with Crippen molar-refractivity contribution in [3.8, 4) is 0 Å². The molecule has 0 heterocycles. The summed E-state index contributed by atoms with van der Waals surface area (Å²) in [6.45, 7) is 5.57. The lowest BCUT2D eigenvalue weighted by molar-refractivity contribution is -0.109. The van der Waals surface area contributed by atoms with Crippen molar-refractivity contribution in [2.24, 2.45) is 0 Å². The van der Waals surface area contributed by atoms with Crippen LogP contribution in [0, 0.1) is 20.8 Å². The zero-order valence-corrected chi connectivity index (χ0v) is 10.7. The first-order valence-corrected chi connectivity index (χ1v) is 6.09. The summed E-state index contributed by atoms with van der Waals surface area (Å²) in [5, 5.41) is 0. The topological polar surface area (TPSA) is 0 Å². The second kappa shape index (κ2) is 5.29. The van der Waals surface area contributed by atoms with Gasteiger partial charge in [0.05, 0.1) is 5.75 Å². The van der Waals surface area contributed by atoms with Crippen molar-refractivity contribution in [1.82, 2.24) is 0 Å². The van der Waals surface area contributed by atoms with Crippen LogP contribution in [-0.2, 0) is 0 Å². The summed E-state index contributed by atoms with van der Waals surface area (Å²) in [4.78, 5) is 0.633. The molecule has 0 spiro atoms. The minimum atomic E-state index is -3.93. The lowest BCUT2D eigenvalue weighted by Crippen LogP contribution is -2.29. The van der Waals surface area contributed by atoms with Crippen molar-refractivity contribution >= 4 is 11.8 Å². The fraction of sp³-hybridized carbons (Fsp3) is 0.500. The van der Waals surface area contributed by atoms with Gasteiger partial charge in [-0.1, -0.05) is 6.07 Å². The van der Waals surface area contributed by atoms with E-state index in [1.165, 1.54) is 0 Å². The molecule has 0 amide bonds. The van der Waals surface area contributed by atoms with Gasteiger partial charge in [-0.3, -0.25) is 0 Å². The quantitative estimate of drug-likeness (QED) is 0.566. The van der Waals surface area contributed by atoms with E-state index < -0.39 is 18.1 Å². The Bertz CT molecular complexity index is 402. The van der Waals surface area contributed by atoms with E-state index in [9.17, 15) is 17.6 Å². The molecule has 0 unspecified atom stereocenters. The van der Waals surface area contributed by atoms with Crippen molar-refractivity contribution in [2.45, 2.75) is 38.0 Å². The number of aryl methyl sites for hydroxylation is 3. The van der Waals surface area contributed by atoms with Crippen LogP contribution in [-0.4, -0.2) is 18.1 Å². The second-order valence-electron chi connectivity index (χ2n) is 4.05. The molecule has 0 atom stereocenters. The Balaban J connectivity index is 2.80. The Morgan fingerprint density at radius 3 is 2.12 bits per heavy atom. The van der Waals surface area contributed by atoms with Gasteiger partial charge in [-0.05, 0) is 43.5 Å². The van der Waals surface area contributed by atoms with Gasteiger partial charge in [-0.15, -0.1) is 11.8 Å². The molecular weight excluding hydrogens is 252 g/mol. The molecule has 17 heavy (non-hydrogen) atoms. The molecule has 0 aromatic heterocycles. The van der Waals surface area contributed by atoms with Crippen LogP contribution < -0.4 is 0 Å². The summed E-state index contributed by atoms with van der Waals surface area (Å²) in [5.74, 6) is -4.83. The highest BCUT2D eigenvalue weighted by Gasteiger charge is 2.40. The molecule has 0 radical (unpaired) electrons. The van der Waals surface area contributed by atoms with Crippen molar-refractivity contribution in [2.75, 3.05) is 5.75 Å². The van der Waals surface area contributed by atoms with Crippen molar-refractivity contribution in [3.63, 3.8) is 0 Å². The Labute approximate surface area is 102 Å². The Hall–Kier alpha value is -0.710. The fourth-order valence-electron chi connectivity index (χ4n) is 1.33. The van der Waals surface area contributed by atoms with Gasteiger partial charge in [0.15, 0.2) is 0 Å². The Morgan fingerprint density at radius 2 is 1.59 bits per heavy atom. The van der Waals surface area contributed by atoms with Crippen LogP contribution in [0.3, 0.4) is 0 Å². The second-order valence-corrected chi connectivity index (χ2v) is 5.07. The molecule has 96 valence electrons. The number of thioether (sulfide) groups is 1. The van der Waals surface area contributed by atoms with Crippen LogP contribution in [0.2, 0.25) is 0 Å². The molecule has 0 N–H and O–H groups in total. The predicted octanol–water partition coefficient (Wildman–Crippen LogP) is 4.60. The van der Waals surface area contributed by atoms with Crippen LogP contribution >= 0.6 is 11.8 Å². The van der Waals surface area contributed by atoms with E-state index in [1.807, 2.05) is 19.9 Å². The first kappa shape index (κ1) is 14.4. The van der Waals surface area contributed by atoms with Crippen LogP contribution in [0.4, 0.5) is 17.6 Å². The first-order chi connectivity index (χ1) is 7.74. The van der Waals surface area contributed by atoms with E-state index in [0.717, 1.165) is 28.5 Å². The molecule has 0 aliphatic carbocycles. The summed E-state index contributed by atoms with van der Waals surface area (Å²) in [6.07, 6.45) is -3.61. The monoisotopic (exact) mass is 266 g/mol. The molecule has 0 bridgehead atoms. The first-order valence-electron chi connectivity index (χ1n) is 5.10. The highest BCUT2D eigenvalue weighted by molar-refractivity contribution is 7.99. The van der Waals surface area contributed by atoms with Crippen LogP contribution in [0.1, 0.15) is 16.7 Å². The third kappa shape index (κ3) is 3.63. The number of halogens is 4. The highest BCUT2D eigenvalue weighted by atomic mass is 32.2. The molecule has 1 aromatic carbocycles. The minimum absolute atomic E-state index is 0.633. The standard InChI is InChI=1S/C12H14F4S/c1-7-4-9(3)10(5-8(7)2)17-6-12(15,16)11(13)14/h4-5,11H,6H2,1-3H3. The zero-order chi connectivity index (χ0) is 13.2. The van der Waals surface area contributed by atoms with E-state index in [0.29, 0.717) is 4.90 Å². The fourth-order valence-corrected chi connectivity index (χ4v) is 2.35. The van der Waals surface area contributed by atoms with E-state index in [2.05, 4.69) is 0 Å². The number of rotatable bonds is 4. The molecule has 1 aromatic rings. The maximum atomic E-state index is 12.8. The Kier molecular flexibility index (Phi) is 4.47. The van der Waals surface area contributed by atoms with Gasteiger partial charge in [0, 0.05) is 4.90 Å². The summed E-state index contributed by atoms with van der Waals surface area (Å²) in [5.41, 5.74) is 2.87. The maximum Gasteiger partial charge on any atom is 0.316 e. The van der Waals surface area contributed by atoms with Crippen LogP contribution in [0.25, 0.3) is 0 Å². The SMILES string of the molecule is Cc1cc(C)c(SCC(F)(F)C(F)F)cc1C. The Morgan fingerprint density at radius 1 is 1.06 bits per heavy atom.